The van der Waals surface area contributed by atoms with Gasteiger partial charge in [0.2, 0.25) is 5.76 Å². The molecule has 20 heavy (non-hydrogen) atoms. The molecule has 0 aliphatic rings. The Morgan fingerprint density at radius 2 is 2.20 bits per heavy atom. The van der Waals surface area contributed by atoms with Crippen molar-refractivity contribution in [1.29, 1.82) is 0 Å². The third kappa shape index (κ3) is 1.73. The van der Waals surface area contributed by atoms with Crippen molar-refractivity contribution in [2.75, 3.05) is 7.11 Å². The van der Waals surface area contributed by atoms with Gasteiger partial charge in [0.1, 0.15) is 11.4 Å². The van der Waals surface area contributed by atoms with E-state index < -0.39 is 5.97 Å². The highest BCUT2D eigenvalue weighted by molar-refractivity contribution is 5.92. The van der Waals surface area contributed by atoms with Crippen LogP contribution in [0.15, 0.2) is 34.9 Å². The van der Waals surface area contributed by atoms with Gasteiger partial charge in [-0.25, -0.2) is 4.79 Å². The monoisotopic (exact) mass is 272 g/mol. The van der Waals surface area contributed by atoms with E-state index in [2.05, 4.69) is 5.16 Å². The minimum atomic E-state index is -1.14. The maximum atomic E-state index is 10.8. The van der Waals surface area contributed by atoms with Gasteiger partial charge < -0.3 is 18.9 Å². The average Bonchev–Trinajstić information content (AvgIpc) is 3.04. The van der Waals surface area contributed by atoms with Crippen LogP contribution in [0.25, 0.3) is 22.3 Å². The molecule has 0 amide bonds. The first kappa shape index (κ1) is 12.3. The van der Waals surface area contributed by atoms with E-state index >= 15 is 0 Å². The molecule has 0 bridgehead atoms. The summed E-state index contributed by atoms with van der Waals surface area (Å²) in [6, 6.07) is 9.04. The number of hydrogen-bond donors (Lipinski definition) is 1. The van der Waals surface area contributed by atoms with E-state index in [1.807, 2.05) is 35.9 Å². The zero-order chi connectivity index (χ0) is 14.3. The fraction of sp³-hybridized carbons (Fsp3) is 0.143. The van der Waals surface area contributed by atoms with Crippen LogP contribution in [0.5, 0.6) is 5.75 Å². The lowest BCUT2D eigenvalue weighted by atomic mass is 10.2. The van der Waals surface area contributed by atoms with Crippen molar-refractivity contribution in [2.45, 2.75) is 0 Å². The Hall–Kier alpha value is -2.76. The number of methoxy groups -OCH3 is 1. The molecule has 0 spiro atoms. The number of hydrogen-bond acceptors (Lipinski definition) is 4. The first-order chi connectivity index (χ1) is 9.61. The summed E-state index contributed by atoms with van der Waals surface area (Å²) in [5.41, 5.74) is 2.21. The number of fused-ring (bicyclic) bond motifs is 1. The SMILES string of the molecule is COc1cccc2c1cc(-c1cc(C(=O)O)on1)n2C. The lowest BCUT2D eigenvalue weighted by Crippen LogP contribution is -1.92. The smallest absolute Gasteiger partial charge is 0.374 e. The van der Waals surface area contributed by atoms with Crippen molar-refractivity contribution in [3.8, 4) is 17.1 Å². The molecule has 6 heteroatoms. The summed E-state index contributed by atoms with van der Waals surface area (Å²) < 4.78 is 12.0. The molecule has 0 fully saturated rings. The minimum Gasteiger partial charge on any atom is -0.496 e. The average molecular weight is 272 g/mol. The Bertz CT molecular complexity index is 801. The summed E-state index contributed by atoms with van der Waals surface area (Å²) in [5.74, 6) is -0.566. The van der Waals surface area contributed by atoms with Crippen LogP contribution in [0.2, 0.25) is 0 Å². The molecule has 0 saturated heterocycles. The van der Waals surface area contributed by atoms with E-state index in [1.54, 1.807) is 7.11 Å². The summed E-state index contributed by atoms with van der Waals surface area (Å²) in [6.45, 7) is 0. The predicted octanol–water partition coefficient (Wildman–Crippen LogP) is 2.54. The van der Waals surface area contributed by atoms with E-state index in [-0.39, 0.29) is 5.76 Å². The quantitative estimate of drug-likeness (QED) is 0.792. The molecule has 0 aliphatic carbocycles. The van der Waals surface area contributed by atoms with Gasteiger partial charge in [-0.15, -0.1) is 0 Å². The van der Waals surface area contributed by atoms with Gasteiger partial charge in [-0.3, -0.25) is 0 Å². The third-order valence-corrected chi connectivity index (χ3v) is 3.25. The van der Waals surface area contributed by atoms with Gasteiger partial charge >= 0.3 is 5.97 Å². The molecule has 0 saturated carbocycles. The van der Waals surface area contributed by atoms with Gasteiger partial charge in [0.05, 0.1) is 18.3 Å². The molecule has 6 nitrogen and oxygen atoms in total. The van der Waals surface area contributed by atoms with Crippen LogP contribution < -0.4 is 4.74 Å². The van der Waals surface area contributed by atoms with Crippen LogP contribution in [0, 0.1) is 0 Å². The molecule has 2 aromatic heterocycles. The summed E-state index contributed by atoms with van der Waals surface area (Å²) in [5, 5.41) is 13.6. The van der Waals surface area contributed by atoms with E-state index in [4.69, 9.17) is 14.4 Å². The Morgan fingerprint density at radius 3 is 2.85 bits per heavy atom. The van der Waals surface area contributed by atoms with Crippen LogP contribution >= 0.6 is 0 Å². The topological polar surface area (TPSA) is 77.5 Å². The summed E-state index contributed by atoms with van der Waals surface area (Å²) in [7, 11) is 3.49. The Morgan fingerprint density at radius 1 is 1.40 bits per heavy atom. The fourth-order valence-corrected chi connectivity index (χ4v) is 2.25. The Labute approximate surface area is 114 Å². The number of aromatic nitrogens is 2. The van der Waals surface area contributed by atoms with Gasteiger partial charge in [0.25, 0.3) is 0 Å². The standard InChI is InChI=1S/C14H12N2O4/c1-16-10-4-3-5-12(19-2)8(10)6-11(16)9-7-13(14(17)18)20-15-9/h3-7H,1-2H3,(H,17,18). The number of ether oxygens (including phenoxy) is 1. The number of aryl methyl sites for hydroxylation is 1. The third-order valence-electron chi connectivity index (χ3n) is 3.25. The Balaban J connectivity index is 2.20. The predicted molar refractivity (Wildman–Crippen MR) is 71.9 cm³/mol. The van der Waals surface area contributed by atoms with Crippen molar-refractivity contribution in [3.63, 3.8) is 0 Å². The molecule has 0 atom stereocenters. The van der Waals surface area contributed by atoms with Crippen LogP contribution in [-0.4, -0.2) is 27.9 Å². The van der Waals surface area contributed by atoms with Crippen LogP contribution in [0.3, 0.4) is 0 Å². The second-order valence-corrected chi connectivity index (χ2v) is 4.36. The highest BCUT2D eigenvalue weighted by atomic mass is 16.5. The second kappa shape index (κ2) is 4.41. The lowest BCUT2D eigenvalue weighted by molar-refractivity contribution is 0.0652. The molecule has 0 aliphatic heterocycles. The molecule has 1 N–H and O–H groups in total. The van der Waals surface area contributed by atoms with E-state index in [0.717, 1.165) is 22.3 Å². The van der Waals surface area contributed by atoms with Crippen LogP contribution in [0.4, 0.5) is 0 Å². The minimum absolute atomic E-state index is 0.183. The van der Waals surface area contributed by atoms with Gasteiger partial charge in [-0.2, -0.15) is 0 Å². The van der Waals surface area contributed by atoms with Crippen molar-refractivity contribution in [3.05, 3.63) is 36.1 Å². The molecule has 1 aromatic carbocycles. The van der Waals surface area contributed by atoms with Crippen LogP contribution in [0.1, 0.15) is 10.6 Å². The molecule has 2 heterocycles. The molecule has 102 valence electrons. The number of carboxylic acids is 1. The number of carbonyl (C=O) groups is 1. The van der Waals surface area contributed by atoms with Gasteiger partial charge in [-0.1, -0.05) is 11.2 Å². The highest BCUT2D eigenvalue weighted by Crippen LogP contribution is 2.32. The van der Waals surface area contributed by atoms with Crippen molar-refractivity contribution < 1.29 is 19.2 Å². The largest absolute Gasteiger partial charge is 0.496 e. The van der Waals surface area contributed by atoms with Crippen molar-refractivity contribution in [2.24, 2.45) is 7.05 Å². The molecule has 3 aromatic rings. The number of carboxylic acid groups (broad SMARTS) is 1. The number of rotatable bonds is 3. The van der Waals surface area contributed by atoms with Crippen molar-refractivity contribution in [1.82, 2.24) is 9.72 Å². The maximum Gasteiger partial charge on any atom is 0.374 e. The number of aromatic carboxylic acids is 1. The summed E-state index contributed by atoms with van der Waals surface area (Å²) in [4.78, 5) is 10.8. The van der Waals surface area contributed by atoms with Crippen LogP contribution in [-0.2, 0) is 7.05 Å². The molecule has 0 radical (unpaired) electrons. The second-order valence-electron chi connectivity index (χ2n) is 4.36. The zero-order valence-corrected chi connectivity index (χ0v) is 11.0. The van der Waals surface area contributed by atoms with Gasteiger partial charge in [0, 0.05) is 18.5 Å². The Kier molecular flexibility index (Phi) is 2.71. The number of nitrogens with zero attached hydrogens (tertiary/aromatic N) is 2. The first-order valence-electron chi connectivity index (χ1n) is 5.94. The van der Waals surface area contributed by atoms with E-state index in [1.165, 1.54) is 6.07 Å². The number of benzene rings is 1. The van der Waals surface area contributed by atoms with Gasteiger partial charge in [-0.05, 0) is 18.2 Å². The summed E-state index contributed by atoms with van der Waals surface area (Å²) >= 11 is 0. The maximum absolute atomic E-state index is 10.8. The summed E-state index contributed by atoms with van der Waals surface area (Å²) in [6.07, 6.45) is 0. The van der Waals surface area contributed by atoms with E-state index in [9.17, 15) is 4.79 Å². The van der Waals surface area contributed by atoms with E-state index in [0.29, 0.717) is 5.69 Å². The molecular formula is C14H12N2O4. The normalized spacial score (nSPS) is 10.9. The molecule has 0 unspecified atom stereocenters. The first-order valence-corrected chi connectivity index (χ1v) is 5.94. The molecular weight excluding hydrogens is 260 g/mol. The lowest BCUT2D eigenvalue weighted by Gasteiger charge is -2.02. The fourth-order valence-electron chi connectivity index (χ4n) is 2.25. The zero-order valence-electron chi connectivity index (χ0n) is 11.0. The molecule has 3 rings (SSSR count). The van der Waals surface area contributed by atoms with Crippen molar-refractivity contribution >= 4 is 16.9 Å². The van der Waals surface area contributed by atoms with Gasteiger partial charge in [0.15, 0.2) is 0 Å². The highest BCUT2D eigenvalue weighted by Gasteiger charge is 2.17.